The van der Waals surface area contributed by atoms with Gasteiger partial charge in [-0.05, 0) is 25.1 Å². The van der Waals surface area contributed by atoms with Crippen molar-refractivity contribution in [1.29, 1.82) is 0 Å². The molecule has 14 nitrogen and oxygen atoms in total. The van der Waals surface area contributed by atoms with Crippen molar-refractivity contribution >= 4 is 56.8 Å². The minimum atomic E-state index is -0.394. The van der Waals surface area contributed by atoms with Crippen LogP contribution in [0.25, 0.3) is 21.8 Å². The van der Waals surface area contributed by atoms with Crippen LogP contribution in [0.1, 0.15) is 6.92 Å². The van der Waals surface area contributed by atoms with E-state index in [0.717, 1.165) is 10.9 Å². The molecule has 0 aliphatic carbocycles. The smallest absolute Gasteiger partial charge is 0.332 e. The summed E-state index contributed by atoms with van der Waals surface area (Å²) in [5.41, 5.74) is 1.61. The lowest BCUT2D eigenvalue weighted by atomic mass is 10.2. The quantitative estimate of drug-likeness (QED) is 0.0790. The van der Waals surface area contributed by atoms with Crippen molar-refractivity contribution in [2.75, 3.05) is 71.3 Å². The lowest BCUT2D eigenvalue weighted by Gasteiger charge is -2.11. The van der Waals surface area contributed by atoms with Gasteiger partial charge in [-0.1, -0.05) is 17.7 Å². The predicted molar refractivity (Wildman–Crippen MR) is 163 cm³/mol. The minimum Gasteiger partial charge on any atom is -0.464 e. The van der Waals surface area contributed by atoms with Crippen LogP contribution in [-0.2, 0) is 39.8 Å². The molecule has 44 heavy (non-hydrogen) atoms. The van der Waals surface area contributed by atoms with E-state index < -0.39 is 5.97 Å². The number of pyridine rings is 1. The van der Waals surface area contributed by atoms with Crippen molar-refractivity contribution in [3.05, 3.63) is 58.4 Å². The van der Waals surface area contributed by atoms with Gasteiger partial charge in [-0.25, -0.2) is 14.8 Å². The van der Waals surface area contributed by atoms with Gasteiger partial charge in [0.25, 0.3) is 5.56 Å². The van der Waals surface area contributed by atoms with Crippen LogP contribution in [0.2, 0.25) is 5.15 Å². The van der Waals surface area contributed by atoms with Crippen molar-refractivity contribution in [1.82, 2.24) is 24.8 Å². The molecule has 4 aromatic rings. The van der Waals surface area contributed by atoms with Gasteiger partial charge in [0.15, 0.2) is 0 Å². The summed E-state index contributed by atoms with van der Waals surface area (Å²) in [4.78, 5) is 47.2. The van der Waals surface area contributed by atoms with Crippen LogP contribution >= 0.6 is 11.6 Å². The number of nitrogens with one attached hydrogen (secondary N) is 3. The Bertz CT molecular complexity index is 1590. The van der Waals surface area contributed by atoms with E-state index in [1.54, 1.807) is 6.92 Å². The van der Waals surface area contributed by atoms with Gasteiger partial charge < -0.3 is 43.9 Å². The lowest BCUT2D eigenvalue weighted by Crippen LogP contribution is -2.30. The zero-order valence-electron chi connectivity index (χ0n) is 24.3. The van der Waals surface area contributed by atoms with Crippen LogP contribution in [0, 0.1) is 0 Å². The molecular weight excluding hydrogens is 596 g/mol. The summed E-state index contributed by atoms with van der Waals surface area (Å²) in [5, 5.41) is 7.39. The molecule has 0 unspecified atom stereocenters. The summed E-state index contributed by atoms with van der Waals surface area (Å²) in [6, 6.07) is 9.01. The number of fused-ring (bicyclic) bond motifs is 2. The van der Waals surface area contributed by atoms with Gasteiger partial charge in [-0.15, -0.1) is 0 Å². The largest absolute Gasteiger partial charge is 0.464 e. The van der Waals surface area contributed by atoms with Crippen molar-refractivity contribution < 1.29 is 33.3 Å². The number of esters is 1. The molecule has 0 atom stereocenters. The topological polar surface area (TPSA) is 168 Å². The van der Waals surface area contributed by atoms with E-state index >= 15 is 0 Å². The third-order valence-electron chi connectivity index (χ3n) is 6.18. The van der Waals surface area contributed by atoms with E-state index in [0.29, 0.717) is 76.0 Å². The molecule has 0 spiro atoms. The summed E-state index contributed by atoms with van der Waals surface area (Å²) in [6.07, 6.45) is 3.13. The Morgan fingerprint density at radius 1 is 1.00 bits per heavy atom. The molecule has 4 rings (SSSR count). The molecule has 0 radical (unpaired) electrons. The maximum absolute atomic E-state index is 12.6. The van der Waals surface area contributed by atoms with Crippen molar-refractivity contribution in [2.45, 2.75) is 13.5 Å². The number of anilines is 2. The van der Waals surface area contributed by atoms with Crippen LogP contribution in [0.3, 0.4) is 0 Å². The molecule has 3 aromatic heterocycles. The molecule has 0 saturated carbocycles. The van der Waals surface area contributed by atoms with E-state index in [1.807, 2.05) is 35.0 Å². The number of H-pyrrole nitrogens is 1. The first-order chi connectivity index (χ1) is 21.5. The molecule has 15 heteroatoms. The Morgan fingerprint density at radius 3 is 2.48 bits per heavy atom. The Morgan fingerprint density at radius 2 is 1.73 bits per heavy atom. The second-order valence-electron chi connectivity index (χ2n) is 9.27. The number of aromatic amines is 1. The molecule has 0 bridgehead atoms. The minimum absolute atomic E-state index is 0.0851. The van der Waals surface area contributed by atoms with E-state index in [-0.39, 0.29) is 35.6 Å². The molecule has 1 amide bonds. The fourth-order valence-electron chi connectivity index (χ4n) is 4.24. The summed E-state index contributed by atoms with van der Waals surface area (Å²) in [6.45, 7) is 5.04. The second kappa shape index (κ2) is 17.3. The fourth-order valence-corrected chi connectivity index (χ4v) is 4.43. The van der Waals surface area contributed by atoms with E-state index in [2.05, 4.69) is 25.6 Å². The number of benzene rings is 1. The van der Waals surface area contributed by atoms with Gasteiger partial charge in [-0.3, -0.25) is 9.59 Å². The van der Waals surface area contributed by atoms with Crippen molar-refractivity contribution in [3.8, 4) is 0 Å². The lowest BCUT2D eigenvalue weighted by molar-refractivity contribution is -0.149. The summed E-state index contributed by atoms with van der Waals surface area (Å²) in [7, 11) is 0. The average molecular weight is 631 g/mol. The molecule has 3 heterocycles. The number of aromatic nitrogens is 4. The van der Waals surface area contributed by atoms with Crippen LogP contribution in [0.4, 0.5) is 11.5 Å². The normalized spacial score (nSPS) is 11.2. The number of hydrogen-bond donors (Lipinski definition) is 3. The molecule has 236 valence electrons. The van der Waals surface area contributed by atoms with Crippen LogP contribution < -0.4 is 16.2 Å². The summed E-state index contributed by atoms with van der Waals surface area (Å²) < 4.78 is 28.0. The van der Waals surface area contributed by atoms with Gasteiger partial charge in [0.2, 0.25) is 5.91 Å². The van der Waals surface area contributed by atoms with Gasteiger partial charge in [-0.2, -0.15) is 0 Å². The second-order valence-corrected chi connectivity index (χ2v) is 9.66. The van der Waals surface area contributed by atoms with Crippen LogP contribution in [0.5, 0.6) is 0 Å². The summed E-state index contributed by atoms with van der Waals surface area (Å²) in [5.74, 6) is -0.272. The van der Waals surface area contributed by atoms with Gasteiger partial charge in [0.1, 0.15) is 29.5 Å². The standard InChI is InChI=1S/C29H35ClN6O8/c1-2-44-26(38)18-43-15-14-42-13-12-41-11-10-40-9-7-31-25(37)17-36-8-6-20-21(4-3-5-23(20)36)34-28-27-22(16-24(30)35-28)32-19-33-29(27)39/h3-6,8,16,19H,2,7,9-15,17-18H2,1H3,(H,31,37)(H,34,35)(H,32,33,39). The highest BCUT2D eigenvalue weighted by Crippen LogP contribution is 2.29. The molecule has 0 saturated heterocycles. The van der Waals surface area contributed by atoms with E-state index in [4.69, 9.17) is 35.3 Å². The number of ether oxygens (including phenoxy) is 5. The van der Waals surface area contributed by atoms with E-state index in [9.17, 15) is 14.4 Å². The SMILES string of the molecule is CCOC(=O)COCCOCCOCCOCCNC(=O)Cn1ccc2c(Nc3nc(Cl)cc4nc[nH]c(=O)c34)cccc21. The van der Waals surface area contributed by atoms with Gasteiger partial charge >= 0.3 is 5.97 Å². The first-order valence-corrected chi connectivity index (χ1v) is 14.5. The monoisotopic (exact) mass is 630 g/mol. The highest BCUT2D eigenvalue weighted by atomic mass is 35.5. The molecule has 0 aliphatic rings. The Hall–Kier alpha value is -4.08. The first-order valence-electron chi connectivity index (χ1n) is 14.1. The molecule has 0 fully saturated rings. The average Bonchev–Trinajstić information content (AvgIpc) is 3.40. The first kappa shape index (κ1) is 32.8. The van der Waals surface area contributed by atoms with Crippen molar-refractivity contribution in [3.63, 3.8) is 0 Å². The third-order valence-corrected chi connectivity index (χ3v) is 6.38. The molecular formula is C29H35ClN6O8. The zero-order chi connectivity index (χ0) is 31.1. The Labute approximate surface area is 257 Å². The number of nitrogens with zero attached hydrogens (tertiary/aromatic N) is 3. The Kier molecular flexibility index (Phi) is 12.9. The number of carbonyl (C=O) groups excluding carboxylic acids is 2. The van der Waals surface area contributed by atoms with Crippen LogP contribution in [0.15, 0.2) is 47.7 Å². The predicted octanol–water partition coefficient (Wildman–Crippen LogP) is 2.42. The highest BCUT2D eigenvalue weighted by molar-refractivity contribution is 6.30. The highest BCUT2D eigenvalue weighted by Gasteiger charge is 2.14. The van der Waals surface area contributed by atoms with Crippen molar-refractivity contribution in [2.24, 2.45) is 0 Å². The maximum Gasteiger partial charge on any atom is 0.332 e. The fraction of sp³-hybridized carbons (Fsp3) is 0.414. The number of halogens is 1. The van der Waals surface area contributed by atoms with Gasteiger partial charge in [0, 0.05) is 29.9 Å². The molecule has 1 aromatic carbocycles. The number of rotatable bonds is 19. The maximum atomic E-state index is 12.6. The van der Waals surface area contributed by atoms with Crippen LogP contribution in [-0.4, -0.2) is 97.4 Å². The molecule has 3 N–H and O–H groups in total. The number of amides is 1. The Balaban J connectivity index is 1.13. The zero-order valence-corrected chi connectivity index (χ0v) is 25.1. The third kappa shape index (κ3) is 9.72. The summed E-state index contributed by atoms with van der Waals surface area (Å²) >= 11 is 6.16. The molecule has 0 aliphatic heterocycles. The number of hydrogen-bond acceptors (Lipinski definition) is 11. The number of carbonyl (C=O) groups is 2. The van der Waals surface area contributed by atoms with E-state index in [1.165, 1.54) is 12.4 Å². The van der Waals surface area contributed by atoms with Gasteiger partial charge in [0.05, 0.1) is 70.2 Å².